The Balaban J connectivity index is 1.84. The molecular formula is C14H24N4O3. The molecule has 21 heavy (non-hydrogen) atoms. The fourth-order valence-electron chi connectivity index (χ4n) is 2.62. The molecule has 118 valence electrons. The highest BCUT2D eigenvalue weighted by Gasteiger charge is 2.26. The maximum atomic E-state index is 12.0. The summed E-state index contributed by atoms with van der Waals surface area (Å²) in [6, 6.07) is 1.90. The van der Waals surface area contributed by atoms with E-state index >= 15 is 0 Å². The Hall–Kier alpha value is -1.44. The molecule has 1 atom stereocenters. The smallest absolute Gasteiger partial charge is 0.224 e. The van der Waals surface area contributed by atoms with E-state index < -0.39 is 0 Å². The third-order valence-corrected chi connectivity index (χ3v) is 3.60. The van der Waals surface area contributed by atoms with E-state index in [2.05, 4.69) is 15.4 Å². The van der Waals surface area contributed by atoms with Crippen LogP contribution in [-0.2, 0) is 22.7 Å². The Kier molecular flexibility index (Phi) is 6.16. The Labute approximate surface area is 124 Å². The zero-order chi connectivity index (χ0) is 15.1. The first-order valence-corrected chi connectivity index (χ1v) is 7.36. The van der Waals surface area contributed by atoms with E-state index in [1.165, 1.54) is 0 Å². The van der Waals surface area contributed by atoms with Gasteiger partial charge in [-0.05, 0) is 19.4 Å². The highest BCUT2D eigenvalue weighted by molar-refractivity contribution is 5.78. The molecule has 1 fully saturated rings. The molecule has 7 nitrogen and oxygen atoms in total. The lowest BCUT2D eigenvalue weighted by Crippen LogP contribution is -2.43. The van der Waals surface area contributed by atoms with Gasteiger partial charge in [-0.15, -0.1) is 0 Å². The second-order valence-corrected chi connectivity index (χ2v) is 5.37. The van der Waals surface area contributed by atoms with Gasteiger partial charge in [-0.3, -0.25) is 9.69 Å². The number of aromatic nitrogens is 1. The third-order valence-electron chi connectivity index (χ3n) is 3.60. The van der Waals surface area contributed by atoms with Crippen LogP contribution in [0.25, 0.3) is 0 Å². The fourth-order valence-corrected chi connectivity index (χ4v) is 2.62. The molecule has 1 aromatic rings. The molecule has 0 aliphatic carbocycles. The number of ether oxygens (including phenoxy) is 1. The Morgan fingerprint density at radius 2 is 2.52 bits per heavy atom. The largest absolute Gasteiger partial charge is 0.377 e. The molecule has 0 saturated carbocycles. The van der Waals surface area contributed by atoms with Crippen molar-refractivity contribution in [1.82, 2.24) is 15.4 Å². The van der Waals surface area contributed by atoms with Crippen molar-refractivity contribution in [2.75, 3.05) is 33.3 Å². The fraction of sp³-hybridized carbons (Fsp3) is 0.714. The number of likely N-dealkylation sites (tertiary alicyclic amines) is 1. The number of amides is 1. The number of hydrogen-bond donors (Lipinski definition) is 2. The van der Waals surface area contributed by atoms with Gasteiger partial charge in [-0.2, -0.15) is 0 Å². The average molecular weight is 296 g/mol. The topological polar surface area (TPSA) is 93.6 Å². The van der Waals surface area contributed by atoms with Crippen LogP contribution in [0.1, 0.15) is 24.3 Å². The monoisotopic (exact) mass is 296 g/mol. The summed E-state index contributed by atoms with van der Waals surface area (Å²) >= 11 is 0. The second kappa shape index (κ2) is 8.11. The first kappa shape index (κ1) is 15.9. The van der Waals surface area contributed by atoms with Crippen LogP contribution >= 0.6 is 0 Å². The lowest BCUT2D eigenvalue weighted by Gasteiger charge is -2.31. The lowest BCUT2D eigenvalue weighted by atomic mass is 9.97. The highest BCUT2D eigenvalue weighted by atomic mass is 16.5. The zero-order valence-corrected chi connectivity index (χ0v) is 12.5. The number of hydrogen-bond acceptors (Lipinski definition) is 6. The molecule has 0 spiro atoms. The van der Waals surface area contributed by atoms with Gasteiger partial charge in [0.25, 0.3) is 0 Å². The molecule has 7 heteroatoms. The Bertz CT molecular complexity index is 449. The van der Waals surface area contributed by atoms with Crippen LogP contribution in [0.2, 0.25) is 0 Å². The summed E-state index contributed by atoms with van der Waals surface area (Å²) in [7, 11) is 1.62. The molecule has 1 aliphatic rings. The molecule has 1 amide bonds. The predicted molar refractivity (Wildman–Crippen MR) is 77.3 cm³/mol. The van der Waals surface area contributed by atoms with Crippen molar-refractivity contribution in [2.45, 2.75) is 26.0 Å². The van der Waals surface area contributed by atoms with Crippen LogP contribution in [0.5, 0.6) is 0 Å². The molecule has 2 rings (SSSR count). The Morgan fingerprint density at radius 1 is 1.67 bits per heavy atom. The third kappa shape index (κ3) is 4.80. The quantitative estimate of drug-likeness (QED) is 0.741. The minimum absolute atomic E-state index is 0.0376. The SMILES string of the molecule is COCc1cc(CN2CCCC(C(=O)NCCN)C2)no1. The van der Waals surface area contributed by atoms with Gasteiger partial charge in [-0.25, -0.2) is 0 Å². The molecule has 1 aliphatic heterocycles. The van der Waals surface area contributed by atoms with Gasteiger partial charge in [-0.1, -0.05) is 5.16 Å². The summed E-state index contributed by atoms with van der Waals surface area (Å²) < 4.78 is 10.2. The van der Waals surface area contributed by atoms with Gasteiger partial charge < -0.3 is 20.3 Å². The van der Waals surface area contributed by atoms with E-state index in [-0.39, 0.29) is 11.8 Å². The molecular weight excluding hydrogens is 272 g/mol. The first-order chi connectivity index (χ1) is 10.2. The van der Waals surface area contributed by atoms with E-state index in [0.717, 1.165) is 37.4 Å². The van der Waals surface area contributed by atoms with Crippen molar-refractivity contribution in [2.24, 2.45) is 11.7 Å². The van der Waals surface area contributed by atoms with E-state index in [1.807, 2.05) is 6.07 Å². The van der Waals surface area contributed by atoms with Gasteiger partial charge in [0.2, 0.25) is 5.91 Å². The lowest BCUT2D eigenvalue weighted by molar-refractivity contribution is -0.126. The van der Waals surface area contributed by atoms with Crippen molar-refractivity contribution in [3.05, 3.63) is 17.5 Å². The number of nitrogens with one attached hydrogen (secondary N) is 1. The number of rotatable bonds is 7. The van der Waals surface area contributed by atoms with Crippen LogP contribution in [0, 0.1) is 5.92 Å². The minimum Gasteiger partial charge on any atom is -0.377 e. The minimum atomic E-state index is 0.0376. The number of nitrogens with two attached hydrogens (primary N) is 1. The summed E-state index contributed by atoms with van der Waals surface area (Å²) in [4.78, 5) is 14.2. The zero-order valence-electron chi connectivity index (χ0n) is 12.5. The van der Waals surface area contributed by atoms with Crippen molar-refractivity contribution in [3.8, 4) is 0 Å². The summed E-state index contributed by atoms with van der Waals surface area (Å²) in [6.45, 7) is 3.88. The maximum absolute atomic E-state index is 12.0. The molecule has 1 aromatic heterocycles. The maximum Gasteiger partial charge on any atom is 0.224 e. The summed E-state index contributed by atoms with van der Waals surface area (Å²) in [5.74, 6) is 0.864. The van der Waals surface area contributed by atoms with Crippen LogP contribution in [0.3, 0.4) is 0 Å². The van der Waals surface area contributed by atoms with E-state index in [0.29, 0.717) is 26.2 Å². The van der Waals surface area contributed by atoms with Crippen molar-refractivity contribution < 1.29 is 14.1 Å². The number of nitrogens with zero attached hydrogens (tertiary/aromatic N) is 2. The van der Waals surface area contributed by atoms with E-state index in [1.54, 1.807) is 7.11 Å². The van der Waals surface area contributed by atoms with Crippen molar-refractivity contribution >= 4 is 5.91 Å². The predicted octanol–water partition coefficient (Wildman–Crippen LogP) is 0.108. The standard InChI is InChI=1S/C14H24N4O3/c1-20-10-13-7-12(17-21-13)9-18-6-2-3-11(8-18)14(19)16-5-4-15/h7,11H,2-6,8-10,15H2,1H3,(H,16,19). The van der Waals surface area contributed by atoms with Crippen LogP contribution in [-0.4, -0.2) is 49.3 Å². The summed E-state index contributed by atoms with van der Waals surface area (Å²) in [5.41, 5.74) is 6.29. The van der Waals surface area contributed by atoms with Gasteiger partial charge in [0.05, 0.1) is 11.6 Å². The molecule has 0 aromatic carbocycles. The van der Waals surface area contributed by atoms with Crippen LogP contribution in [0.15, 0.2) is 10.6 Å². The van der Waals surface area contributed by atoms with Gasteiger partial charge in [0, 0.05) is 39.4 Å². The number of carbonyl (C=O) groups is 1. The second-order valence-electron chi connectivity index (χ2n) is 5.37. The van der Waals surface area contributed by atoms with E-state index in [9.17, 15) is 4.79 Å². The molecule has 1 unspecified atom stereocenters. The molecule has 0 radical (unpaired) electrons. The number of carbonyl (C=O) groups excluding carboxylic acids is 1. The Morgan fingerprint density at radius 3 is 3.29 bits per heavy atom. The van der Waals surface area contributed by atoms with Crippen LogP contribution < -0.4 is 11.1 Å². The van der Waals surface area contributed by atoms with Crippen molar-refractivity contribution in [1.29, 1.82) is 0 Å². The molecule has 3 N–H and O–H groups in total. The van der Waals surface area contributed by atoms with E-state index in [4.69, 9.17) is 15.0 Å². The molecule has 0 bridgehead atoms. The van der Waals surface area contributed by atoms with Crippen LogP contribution in [0.4, 0.5) is 0 Å². The van der Waals surface area contributed by atoms with Gasteiger partial charge in [0.15, 0.2) is 5.76 Å². The summed E-state index contributed by atoms with van der Waals surface area (Å²) in [6.07, 6.45) is 1.95. The highest BCUT2D eigenvalue weighted by Crippen LogP contribution is 2.19. The summed E-state index contributed by atoms with van der Waals surface area (Å²) in [5, 5.41) is 6.90. The number of methoxy groups -OCH3 is 1. The first-order valence-electron chi connectivity index (χ1n) is 7.36. The number of piperidine rings is 1. The molecule has 2 heterocycles. The van der Waals surface area contributed by atoms with Gasteiger partial charge in [0.1, 0.15) is 6.61 Å². The van der Waals surface area contributed by atoms with Crippen molar-refractivity contribution in [3.63, 3.8) is 0 Å². The molecule has 1 saturated heterocycles. The normalized spacial score (nSPS) is 19.6. The average Bonchev–Trinajstić information content (AvgIpc) is 2.92. The van der Waals surface area contributed by atoms with Gasteiger partial charge >= 0.3 is 0 Å².